The van der Waals surface area contributed by atoms with Crippen molar-refractivity contribution in [3.8, 4) is 5.75 Å². The summed E-state index contributed by atoms with van der Waals surface area (Å²) in [7, 11) is 0. The van der Waals surface area contributed by atoms with Crippen LogP contribution in [0.4, 0.5) is 15.3 Å². The first kappa shape index (κ1) is 34.8. The van der Waals surface area contributed by atoms with E-state index in [2.05, 4.69) is 64.1 Å². The zero-order valence-corrected chi connectivity index (χ0v) is 31.2. The largest absolute Gasteiger partial charge is 0.506 e. The van der Waals surface area contributed by atoms with Gasteiger partial charge in [-0.25, -0.2) is 14.6 Å². The van der Waals surface area contributed by atoms with Crippen LogP contribution in [-0.4, -0.2) is 87.0 Å². The summed E-state index contributed by atoms with van der Waals surface area (Å²) in [6.07, 6.45) is 5.55. The highest BCUT2D eigenvalue weighted by Crippen LogP contribution is 2.35. The number of fused-ring (bicyclic) bond motifs is 2. The molecule has 11 nitrogen and oxygen atoms in total. The van der Waals surface area contributed by atoms with Gasteiger partial charge in [0.1, 0.15) is 11.6 Å². The summed E-state index contributed by atoms with van der Waals surface area (Å²) in [6.45, 7) is 5.78. The molecule has 4 heterocycles. The second kappa shape index (κ2) is 15.7. The van der Waals surface area contributed by atoms with E-state index in [1.165, 1.54) is 12.8 Å². The number of likely N-dealkylation sites (tertiary alicyclic amines) is 1. The number of urea groups is 1. The van der Waals surface area contributed by atoms with Crippen LogP contribution in [0, 0.1) is 0 Å². The molecule has 2 saturated heterocycles. The maximum absolute atomic E-state index is 13.6. The van der Waals surface area contributed by atoms with E-state index in [9.17, 15) is 14.7 Å². The van der Waals surface area contributed by atoms with Gasteiger partial charge in [-0.15, -0.1) is 5.06 Å². The molecule has 0 bridgehead atoms. The van der Waals surface area contributed by atoms with Crippen molar-refractivity contribution in [2.75, 3.05) is 44.6 Å². The number of hydrogen-bond acceptors (Lipinski definition) is 7. The van der Waals surface area contributed by atoms with Crippen LogP contribution < -0.4 is 10.6 Å². The van der Waals surface area contributed by atoms with Gasteiger partial charge in [-0.1, -0.05) is 30.3 Å². The number of nitrogens with one attached hydrogen (secondary N) is 2. The van der Waals surface area contributed by atoms with Crippen molar-refractivity contribution >= 4 is 60.7 Å². The Morgan fingerprint density at radius 3 is 2.48 bits per heavy atom. The Morgan fingerprint density at radius 1 is 0.980 bits per heavy atom. The van der Waals surface area contributed by atoms with Crippen molar-refractivity contribution in [3.63, 3.8) is 0 Å². The number of phenols is 1. The average Bonchev–Trinajstić information content (AvgIpc) is 3.72. The van der Waals surface area contributed by atoms with Gasteiger partial charge in [0.2, 0.25) is 0 Å². The third-order valence-electron chi connectivity index (χ3n) is 10.1. The van der Waals surface area contributed by atoms with Crippen LogP contribution in [0.15, 0.2) is 69.6 Å². The van der Waals surface area contributed by atoms with Gasteiger partial charge in [0, 0.05) is 44.3 Å². The van der Waals surface area contributed by atoms with E-state index in [4.69, 9.17) is 9.82 Å². The van der Waals surface area contributed by atoms with Crippen molar-refractivity contribution in [1.29, 1.82) is 0 Å². The number of hydroxylamine groups is 2. The minimum absolute atomic E-state index is 0.0619. The maximum atomic E-state index is 13.6. The summed E-state index contributed by atoms with van der Waals surface area (Å²) in [4.78, 5) is 42.2. The summed E-state index contributed by atoms with van der Waals surface area (Å²) in [5, 5.41) is 18.3. The normalized spacial score (nSPS) is 18.1. The second-order valence-electron chi connectivity index (χ2n) is 13.4. The molecule has 3 aliphatic rings. The highest BCUT2D eigenvalue weighted by Gasteiger charge is 2.32. The van der Waals surface area contributed by atoms with Crippen LogP contribution >= 0.6 is 31.9 Å². The molecule has 0 radical (unpaired) electrons. The van der Waals surface area contributed by atoms with E-state index in [1.54, 1.807) is 5.06 Å². The molecule has 7 rings (SSSR count). The van der Waals surface area contributed by atoms with Gasteiger partial charge in [-0.05, 0) is 131 Å². The molecule has 3 aromatic carbocycles. The number of halogens is 2. The number of piperidine rings is 1. The molecule has 0 aliphatic carbocycles. The molecule has 2 fully saturated rings. The quantitative estimate of drug-likeness (QED) is 0.155. The lowest BCUT2D eigenvalue weighted by atomic mass is 10.0. The lowest BCUT2D eigenvalue weighted by molar-refractivity contribution is -0.120. The van der Waals surface area contributed by atoms with Crippen molar-refractivity contribution in [3.05, 3.63) is 86.6 Å². The third kappa shape index (κ3) is 7.96. The Morgan fingerprint density at radius 2 is 1.70 bits per heavy atom. The highest BCUT2D eigenvalue weighted by molar-refractivity contribution is 9.11. The lowest BCUT2D eigenvalue weighted by Crippen LogP contribution is -2.49. The van der Waals surface area contributed by atoms with Gasteiger partial charge < -0.3 is 34.9 Å². The van der Waals surface area contributed by atoms with E-state index >= 15 is 0 Å². The molecule has 4 aromatic rings. The van der Waals surface area contributed by atoms with Crippen LogP contribution in [0.25, 0.3) is 11.0 Å². The number of aromatic nitrogens is 2. The van der Waals surface area contributed by atoms with Gasteiger partial charge in [-0.3, -0.25) is 0 Å². The molecule has 0 saturated carbocycles. The fraction of sp³-hybridized carbons (Fsp3) is 0.432. The predicted octanol–water partition coefficient (Wildman–Crippen LogP) is 7.23. The number of aryl methyl sites for hydroxylation is 1. The fourth-order valence-electron chi connectivity index (χ4n) is 7.50. The Hall–Kier alpha value is -3.65. The topological polar surface area (TPSA) is 115 Å². The number of benzene rings is 3. The summed E-state index contributed by atoms with van der Waals surface area (Å²) in [5.41, 5.74) is 4.82. The third-order valence-corrected chi connectivity index (χ3v) is 11.3. The van der Waals surface area contributed by atoms with E-state index < -0.39 is 12.1 Å². The van der Waals surface area contributed by atoms with Gasteiger partial charge in [-0.2, -0.15) is 0 Å². The van der Waals surface area contributed by atoms with Crippen molar-refractivity contribution in [2.45, 2.75) is 63.6 Å². The van der Waals surface area contributed by atoms with E-state index in [0.29, 0.717) is 47.8 Å². The smallest absolute Gasteiger partial charge is 0.426 e. The monoisotopic (exact) mass is 807 g/mol. The van der Waals surface area contributed by atoms with Gasteiger partial charge in [0.25, 0.3) is 0 Å². The molecule has 3 amide bonds. The lowest BCUT2D eigenvalue weighted by Gasteiger charge is -2.37. The molecular weight excluding hydrogens is 766 g/mol. The summed E-state index contributed by atoms with van der Waals surface area (Å²) in [6, 6.07) is 19.2. The van der Waals surface area contributed by atoms with Crippen LogP contribution in [0.3, 0.4) is 0 Å². The minimum Gasteiger partial charge on any atom is -0.506 e. The van der Waals surface area contributed by atoms with Gasteiger partial charge in [0.15, 0.2) is 0 Å². The Balaban J connectivity index is 1.05. The van der Waals surface area contributed by atoms with Gasteiger partial charge >= 0.3 is 12.1 Å². The number of carbonyl (C=O) groups excluding carboxylic acids is 2. The molecule has 264 valence electrons. The zero-order chi connectivity index (χ0) is 34.6. The Kier molecular flexibility index (Phi) is 10.9. The molecule has 50 heavy (non-hydrogen) atoms. The summed E-state index contributed by atoms with van der Waals surface area (Å²) in [5.74, 6) is 0.884. The fourth-order valence-corrected chi connectivity index (χ4v) is 8.78. The Labute approximate surface area is 309 Å². The minimum atomic E-state index is -0.552. The summed E-state index contributed by atoms with van der Waals surface area (Å²) < 4.78 is 3.36. The van der Waals surface area contributed by atoms with Crippen molar-refractivity contribution in [1.82, 2.24) is 29.7 Å². The molecule has 1 aromatic heterocycles. The number of nitrogens with zero attached hydrogens (tertiary/aromatic N) is 5. The molecule has 0 unspecified atom stereocenters. The van der Waals surface area contributed by atoms with Crippen LogP contribution in [0.1, 0.15) is 55.1 Å². The van der Waals surface area contributed by atoms with E-state index in [0.717, 1.165) is 72.7 Å². The highest BCUT2D eigenvalue weighted by atomic mass is 79.9. The molecule has 13 heteroatoms. The molecule has 3 aliphatic heterocycles. The molecular formula is C37H43Br2N7O4. The first-order chi connectivity index (χ1) is 24.3. The first-order valence-corrected chi connectivity index (χ1v) is 19.1. The number of amides is 3. The number of rotatable bonds is 10. The van der Waals surface area contributed by atoms with Crippen LogP contribution in [0.5, 0.6) is 5.75 Å². The number of imidazole rings is 1. The van der Waals surface area contributed by atoms with E-state index in [1.807, 2.05) is 53.4 Å². The Bertz CT molecular complexity index is 1810. The number of hydrogen-bond donors (Lipinski definition) is 3. The summed E-state index contributed by atoms with van der Waals surface area (Å²) >= 11 is 6.93. The number of para-hydroxylation sites is 3. The molecule has 1 atom stereocenters. The SMILES string of the molecule is O=C(N[C@H](Cc1cc(Br)c(O)c(Br)c1)c1nc2ccccc2n1CCCN1CCCC1)ON1CCC(N2CCc3ccccc3NC2=O)CC1. The zero-order valence-electron chi connectivity index (χ0n) is 28.0. The maximum Gasteiger partial charge on any atom is 0.426 e. The van der Waals surface area contributed by atoms with Gasteiger partial charge in [0.05, 0.1) is 26.0 Å². The average molecular weight is 810 g/mol. The second-order valence-corrected chi connectivity index (χ2v) is 15.1. The van der Waals surface area contributed by atoms with Crippen LogP contribution in [0.2, 0.25) is 0 Å². The molecule has 3 N–H and O–H groups in total. The predicted molar refractivity (Wildman–Crippen MR) is 200 cm³/mol. The standard InChI is InChI=1S/C37H43Br2N7O4/c38-28-22-25(23-29(39)34(28)47)24-32(35-40-31-10-3-4-11-33(31)46(35)18-7-17-43-15-5-6-16-43)42-37(49)50-44-19-13-27(14-20-44)45-21-12-26-8-1-2-9-30(26)41-36(45)48/h1-4,8-11,22-23,27,32,47H,5-7,12-21,24H2,(H,41,48)(H,42,49)/t32-/m1/s1. The first-order valence-electron chi connectivity index (χ1n) is 17.6. The van der Waals surface area contributed by atoms with E-state index in [-0.39, 0.29) is 17.8 Å². The number of anilines is 1. The number of phenolic OH excluding ortho intramolecular Hbond substituents is 1. The van der Waals surface area contributed by atoms with Crippen molar-refractivity contribution in [2.24, 2.45) is 0 Å². The number of carbonyl (C=O) groups is 2. The van der Waals surface area contributed by atoms with Crippen molar-refractivity contribution < 1.29 is 19.5 Å². The molecule has 0 spiro atoms. The van der Waals surface area contributed by atoms with Crippen LogP contribution in [-0.2, 0) is 24.2 Å². The number of aromatic hydroxyl groups is 1.